The lowest BCUT2D eigenvalue weighted by molar-refractivity contribution is -0.0220. The minimum atomic E-state index is 0.282. The number of rotatable bonds is 6. The van der Waals surface area contributed by atoms with Gasteiger partial charge in [0.1, 0.15) is 0 Å². The van der Waals surface area contributed by atoms with Gasteiger partial charge < -0.3 is 4.74 Å². The molecule has 0 aromatic carbocycles. The first-order valence-electron chi connectivity index (χ1n) is 6.05. The fraction of sp³-hybridized carbons (Fsp3) is 1.00. The van der Waals surface area contributed by atoms with E-state index in [2.05, 4.69) is 22.6 Å². The van der Waals surface area contributed by atoms with E-state index in [0.717, 1.165) is 12.5 Å². The zero-order valence-electron chi connectivity index (χ0n) is 8.93. The van der Waals surface area contributed by atoms with Gasteiger partial charge in [0, 0.05) is 11.0 Å². The zero-order chi connectivity index (χ0) is 9.86. The molecule has 0 aromatic rings. The zero-order valence-corrected chi connectivity index (χ0v) is 11.1. The van der Waals surface area contributed by atoms with Crippen molar-refractivity contribution in [1.82, 2.24) is 0 Å². The van der Waals surface area contributed by atoms with Crippen LogP contribution in [0.4, 0.5) is 0 Å². The minimum Gasteiger partial charge on any atom is -0.374 e. The molecular weight excluding hydrogens is 287 g/mol. The third-order valence-electron chi connectivity index (χ3n) is 3.62. The van der Waals surface area contributed by atoms with Crippen LogP contribution in [0.2, 0.25) is 0 Å². The Morgan fingerprint density at radius 1 is 1.21 bits per heavy atom. The van der Waals surface area contributed by atoms with Gasteiger partial charge in [-0.25, -0.2) is 0 Å². The summed E-state index contributed by atoms with van der Waals surface area (Å²) in [5.74, 6) is 1.07. The summed E-state index contributed by atoms with van der Waals surface area (Å²) in [5, 5.41) is 0. The molecule has 0 amide bonds. The van der Waals surface area contributed by atoms with E-state index in [1.165, 1.54) is 55.8 Å². The Hall–Kier alpha value is 0.690. The molecule has 82 valence electrons. The second-order valence-corrected chi connectivity index (χ2v) is 5.72. The number of alkyl halides is 1. The van der Waals surface area contributed by atoms with Gasteiger partial charge in [-0.05, 0) is 31.6 Å². The average Bonchev–Trinajstić information content (AvgIpc) is 2.92. The first-order valence-corrected chi connectivity index (χ1v) is 7.57. The monoisotopic (exact) mass is 308 g/mol. The van der Waals surface area contributed by atoms with Crippen molar-refractivity contribution >= 4 is 22.6 Å². The van der Waals surface area contributed by atoms with Gasteiger partial charge in [-0.2, -0.15) is 0 Å². The van der Waals surface area contributed by atoms with E-state index in [4.69, 9.17) is 4.74 Å². The molecule has 0 saturated heterocycles. The van der Waals surface area contributed by atoms with Crippen molar-refractivity contribution < 1.29 is 4.74 Å². The van der Waals surface area contributed by atoms with E-state index in [1.807, 2.05) is 0 Å². The van der Waals surface area contributed by atoms with Crippen LogP contribution in [0.1, 0.15) is 51.4 Å². The third-order valence-corrected chi connectivity index (χ3v) is 5.01. The molecule has 0 atom stereocenters. The normalized spacial score (nSPS) is 25.5. The Morgan fingerprint density at radius 3 is 2.50 bits per heavy atom. The molecule has 0 N–H and O–H groups in total. The molecule has 2 heteroatoms. The number of halogens is 1. The Labute approximate surface area is 101 Å². The van der Waals surface area contributed by atoms with Gasteiger partial charge in [0.15, 0.2) is 0 Å². The molecule has 2 fully saturated rings. The van der Waals surface area contributed by atoms with Gasteiger partial charge in [0.25, 0.3) is 0 Å². The Balaban J connectivity index is 1.61. The van der Waals surface area contributed by atoms with Crippen molar-refractivity contribution in [3.05, 3.63) is 0 Å². The van der Waals surface area contributed by atoms with Crippen LogP contribution in [0.3, 0.4) is 0 Å². The minimum absolute atomic E-state index is 0.282. The summed E-state index contributed by atoms with van der Waals surface area (Å²) in [6.45, 7) is 1.01. The van der Waals surface area contributed by atoms with E-state index in [1.54, 1.807) is 0 Å². The summed E-state index contributed by atoms with van der Waals surface area (Å²) in [6.07, 6.45) is 11.0. The van der Waals surface area contributed by atoms with Crippen LogP contribution >= 0.6 is 22.6 Å². The van der Waals surface area contributed by atoms with Crippen molar-refractivity contribution in [3.63, 3.8) is 0 Å². The second kappa shape index (κ2) is 5.15. The number of ether oxygens (including phenoxy) is 1. The summed E-state index contributed by atoms with van der Waals surface area (Å²) in [6, 6.07) is 0. The van der Waals surface area contributed by atoms with E-state index in [-0.39, 0.29) is 5.60 Å². The van der Waals surface area contributed by atoms with Crippen LogP contribution in [0.25, 0.3) is 0 Å². The molecule has 2 aliphatic rings. The lowest BCUT2D eigenvalue weighted by atomic mass is 10.1. The lowest BCUT2D eigenvalue weighted by Gasteiger charge is -2.27. The van der Waals surface area contributed by atoms with Gasteiger partial charge in [-0.15, -0.1) is 0 Å². The molecule has 0 aromatic heterocycles. The summed E-state index contributed by atoms with van der Waals surface area (Å²) < 4.78 is 7.30. The van der Waals surface area contributed by atoms with Gasteiger partial charge in [0.05, 0.1) is 5.60 Å². The molecule has 2 saturated carbocycles. The third kappa shape index (κ3) is 3.09. The Kier molecular flexibility index (Phi) is 4.11. The van der Waals surface area contributed by atoms with Gasteiger partial charge >= 0.3 is 0 Å². The lowest BCUT2D eigenvalue weighted by Crippen LogP contribution is -2.31. The summed E-state index contributed by atoms with van der Waals surface area (Å²) in [4.78, 5) is 0. The molecule has 1 nitrogen and oxygen atoms in total. The standard InChI is InChI=1S/C12H21IO/c13-10-12(7-1-2-8-12)14-9-3-4-11-5-6-11/h11H,1-10H2. The maximum Gasteiger partial charge on any atom is 0.0771 e. The molecule has 0 bridgehead atoms. The SMILES string of the molecule is ICC1(OCCCC2CC2)CCCC1. The van der Waals surface area contributed by atoms with Crippen molar-refractivity contribution in [3.8, 4) is 0 Å². The fourth-order valence-electron chi connectivity index (χ4n) is 2.40. The molecule has 0 aliphatic heterocycles. The molecule has 2 aliphatic carbocycles. The fourth-order valence-corrected chi connectivity index (χ4v) is 3.39. The highest BCUT2D eigenvalue weighted by molar-refractivity contribution is 14.1. The highest BCUT2D eigenvalue weighted by Crippen LogP contribution is 2.36. The van der Waals surface area contributed by atoms with Gasteiger partial charge in [0.2, 0.25) is 0 Å². The Morgan fingerprint density at radius 2 is 1.93 bits per heavy atom. The van der Waals surface area contributed by atoms with Crippen molar-refractivity contribution in [1.29, 1.82) is 0 Å². The predicted molar refractivity (Wildman–Crippen MR) is 68.0 cm³/mol. The quantitative estimate of drug-likeness (QED) is 0.410. The molecule has 2 rings (SSSR count). The first-order chi connectivity index (χ1) is 6.85. The molecule has 0 heterocycles. The second-order valence-electron chi connectivity index (χ2n) is 4.96. The van der Waals surface area contributed by atoms with Crippen molar-refractivity contribution in [2.45, 2.75) is 57.0 Å². The maximum atomic E-state index is 6.11. The first kappa shape index (κ1) is 11.2. The number of hydrogen-bond donors (Lipinski definition) is 0. The predicted octanol–water partition coefficient (Wildman–Crippen LogP) is 3.94. The molecular formula is C12H21IO. The van der Waals surface area contributed by atoms with Crippen molar-refractivity contribution in [2.75, 3.05) is 11.0 Å². The molecule has 0 spiro atoms. The van der Waals surface area contributed by atoms with E-state index in [9.17, 15) is 0 Å². The molecule has 0 radical (unpaired) electrons. The van der Waals surface area contributed by atoms with Crippen LogP contribution < -0.4 is 0 Å². The topological polar surface area (TPSA) is 9.23 Å². The van der Waals surface area contributed by atoms with Gasteiger partial charge in [-0.3, -0.25) is 0 Å². The maximum absolute atomic E-state index is 6.11. The van der Waals surface area contributed by atoms with Crippen LogP contribution in [0.15, 0.2) is 0 Å². The highest BCUT2D eigenvalue weighted by atomic mass is 127. The van der Waals surface area contributed by atoms with Crippen molar-refractivity contribution in [2.24, 2.45) is 5.92 Å². The van der Waals surface area contributed by atoms with Crippen LogP contribution in [0.5, 0.6) is 0 Å². The van der Waals surface area contributed by atoms with E-state index >= 15 is 0 Å². The van der Waals surface area contributed by atoms with Crippen LogP contribution in [-0.4, -0.2) is 16.6 Å². The Bertz CT molecular complexity index is 171. The van der Waals surface area contributed by atoms with Crippen LogP contribution in [0, 0.1) is 5.92 Å². The molecule has 14 heavy (non-hydrogen) atoms. The highest BCUT2D eigenvalue weighted by Gasteiger charge is 2.33. The summed E-state index contributed by atoms with van der Waals surface area (Å²) >= 11 is 2.49. The van der Waals surface area contributed by atoms with Crippen LogP contribution in [-0.2, 0) is 4.74 Å². The largest absolute Gasteiger partial charge is 0.374 e. The van der Waals surface area contributed by atoms with E-state index in [0.29, 0.717) is 0 Å². The smallest absolute Gasteiger partial charge is 0.0771 e. The average molecular weight is 308 g/mol. The summed E-state index contributed by atoms with van der Waals surface area (Å²) in [5.41, 5.74) is 0.282. The number of hydrogen-bond acceptors (Lipinski definition) is 1. The summed E-state index contributed by atoms with van der Waals surface area (Å²) in [7, 11) is 0. The van der Waals surface area contributed by atoms with Gasteiger partial charge in [-0.1, -0.05) is 48.3 Å². The van der Waals surface area contributed by atoms with E-state index < -0.39 is 0 Å². The molecule has 0 unspecified atom stereocenters.